The van der Waals surface area contributed by atoms with Gasteiger partial charge in [0, 0.05) is 28.3 Å². The van der Waals surface area contributed by atoms with Gasteiger partial charge in [-0.15, -0.1) is 11.8 Å². The molecule has 0 spiro atoms. The highest BCUT2D eigenvalue weighted by molar-refractivity contribution is 8.00. The number of nitrogens with zero attached hydrogens (tertiary/aromatic N) is 1. The zero-order valence-corrected chi connectivity index (χ0v) is 24.1. The van der Waals surface area contributed by atoms with Crippen LogP contribution in [0.15, 0.2) is 108 Å². The first kappa shape index (κ1) is 30.5. The van der Waals surface area contributed by atoms with E-state index in [-0.39, 0.29) is 23.0 Å². The number of ether oxygens (including phenoxy) is 1. The van der Waals surface area contributed by atoms with Gasteiger partial charge in [-0.25, -0.2) is 0 Å². The molecule has 11 heteroatoms. The summed E-state index contributed by atoms with van der Waals surface area (Å²) < 4.78 is 5.27. The molecular weight excluding hydrogens is 568 g/mol. The van der Waals surface area contributed by atoms with Crippen molar-refractivity contribution in [2.75, 3.05) is 23.5 Å². The van der Waals surface area contributed by atoms with E-state index < -0.39 is 16.7 Å². The second-order valence-electron chi connectivity index (χ2n) is 9.23. The Kier molecular flexibility index (Phi) is 10.3. The number of benzene rings is 4. The van der Waals surface area contributed by atoms with Crippen molar-refractivity contribution in [2.45, 2.75) is 11.8 Å². The first-order valence-corrected chi connectivity index (χ1v) is 14.0. The largest absolute Gasteiger partial charge is 0.497 e. The van der Waals surface area contributed by atoms with Gasteiger partial charge in [-0.2, -0.15) is 0 Å². The Hall–Kier alpha value is -5.42. The zero-order chi connectivity index (χ0) is 30.8. The summed E-state index contributed by atoms with van der Waals surface area (Å²) >= 11 is 1.27. The van der Waals surface area contributed by atoms with Gasteiger partial charge in [-0.1, -0.05) is 36.4 Å². The van der Waals surface area contributed by atoms with Crippen LogP contribution in [0.3, 0.4) is 0 Å². The molecule has 0 aliphatic carbocycles. The Bertz CT molecular complexity index is 1670. The van der Waals surface area contributed by atoms with Crippen LogP contribution in [0.2, 0.25) is 0 Å². The molecule has 0 aromatic heterocycles. The van der Waals surface area contributed by atoms with Crippen molar-refractivity contribution in [1.82, 2.24) is 5.32 Å². The maximum Gasteiger partial charge on any atom is 0.272 e. The van der Waals surface area contributed by atoms with E-state index in [1.54, 1.807) is 105 Å². The maximum absolute atomic E-state index is 13.3. The highest BCUT2D eigenvalue weighted by Crippen LogP contribution is 2.24. The average molecular weight is 597 g/mol. The lowest BCUT2D eigenvalue weighted by Gasteiger charge is -2.12. The Morgan fingerprint density at radius 1 is 0.907 bits per heavy atom. The van der Waals surface area contributed by atoms with E-state index in [1.807, 2.05) is 0 Å². The number of rotatable bonds is 11. The van der Waals surface area contributed by atoms with E-state index in [0.29, 0.717) is 33.8 Å². The lowest BCUT2D eigenvalue weighted by atomic mass is 10.1. The van der Waals surface area contributed by atoms with Gasteiger partial charge < -0.3 is 20.7 Å². The van der Waals surface area contributed by atoms with Crippen molar-refractivity contribution in [1.29, 1.82) is 0 Å². The molecule has 3 N–H and O–H groups in total. The van der Waals surface area contributed by atoms with E-state index in [0.717, 1.165) is 4.90 Å². The molecule has 43 heavy (non-hydrogen) atoms. The summed E-state index contributed by atoms with van der Waals surface area (Å²) in [7, 11) is 1.54. The first-order valence-electron chi connectivity index (χ1n) is 13.0. The Labute approximate surface area is 252 Å². The molecule has 0 fully saturated rings. The van der Waals surface area contributed by atoms with Crippen LogP contribution in [0.4, 0.5) is 17.1 Å². The van der Waals surface area contributed by atoms with E-state index in [2.05, 4.69) is 16.0 Å². The second kappa shape index (κ2) is 14.5. The summed E-state index contributed by atoms with van der Waals surface area (Å²) in [6.07, 6.45) is 1.56. The number of carbonyl (C=O) groups excluding carboxylic acids is 3. The number of nitro groups is 1. The third-order valence-corrected chi connectivity index (χ3v) is 7.13. The average Bonchev–Trinajstić information content (AvgIpc) is 3.01. The van der Waals surface area contributed by atoms with Crippen LogP contribution >= 0.6 is 11.8 Å². The number of thioether (sulfide) groups is 1. The molecule has 3 amide bonds. The number of non-ortho nitro benzene ring substituents is 1. The smallest absolute Gasteiger partial charge is 0.272 e. The Morgan fingerprint density at radius 2 is 1.65 bits per heavy atom. The second-order valence-corrected chi connectivity index (χ2v) is 10.3. The topological polar surface area (TPSA) is 140 Å². The molecule has 0 aliphatic heterocycles. The van der Waals surface area contributed by atoms with Gasteiger partial charge in [0.05, 0.1) is 23.5 Å². The highest BCUT2D eigenvalue weighted by Gasteiger charge is 2.16. The number of aryl methyl sites for hydroxylation is 1. The molecule has 0 bridgehead atoms. The molecule has 10 nitrogen and oxygen atoms in total. The lowest BCUT2D eigenvalue weighted by Crippen LogP contribution is -2.30. The minimum absolute atomic E-state index is 0.0358. The normalized spacial score (nSPS) is 10.9. The van der Waals surface area contributed by atoms with Gasteiger partial charge in [0.25, 0.3) is 17.5 Å². The van der Waals surface area contributed by atoms with Gasteiger partial charge in [-0.3, -0.25) is 24.5 Å². The number of hydrogen-bond donors (Lipinski definition) is 3. The first-order chi connectivity index (χ1) is 20.7. The van der Waals surface area contributed by atoms with Crippen LogP contribution in [0.5, 0.6) is 5.75 Å². The van der Waals surface area contributed by atoms with Gasteiger partial charge in [0.2, 0.25) is 5.91 Å². The summed E-state index contributed by atoms with van der Waals surface area (Å²) in [4.78, 5) is 49.9. The zero-order valence-electron chi connectivity index (χ0n) is 23.3. The van der Waals surface area contributed by atoms with Crippen LogP contribution in [-0.2, 0) is 9.59 Å². The third-order valence-electron chi connectivity index (χ3n) is 6.12. The Morgan fingerprint density at radius 3 is 2.35 bits per heavy atom. The van der Waals surface area contributed by atoms with Crippen LogP contribution in [0.1, 0.15) is 21.5 Å². The van der Waals surface area contributed by atoms with Crippen molar-refractivity contribution in [3.8, 4) is 5.75 Å². The molecule has 4 aromatic carbocycles. The summed E-state index contributed by atoms with van der Waals surface area (Å²) in [6.45, 7) is 1.75. The molecule has 0 unspecified atom stereocenters. The van der Waals surface area contributed by atoms with Crippen LogP contribution in [-0.4, -0.2) is 35.5 Å². The van der Waals surface area contributed by atoms with Crippen molar-refractivity contribution in [2.24, 2.45) is 0 Å². The lowest BCUT2D eigenvalue weighted by molar-refractivity contribution is -0.384. The molecule has 4 aromatic rings. The Balaban J connectivity index is 1.41. The number of carbonyl (C=O) groups is 3. The molecule has 0 saturated carbocycles. The van der Waals surface area contributed by atoms with Crippen molar-refractivity contribution >= 4 is 52.6 Å². The molecular formula is C32H28N4O6S. The predicted octanol–water partition coefficient (Wildman–Crippen LogP) is 6.05. The van der Waals surface area contributed by atoms with Gasteiger partial charge in [-0.05, 0) is 72.7 Å². The minimum atomic E-state index is -0.529. The van der Waals surface area contributed by atoms with E-state index in [1.165, 1.54) is 23.9 Å². The fraction of sp³-hybridized carbons (Fsp3) is 0.0938. The van der Waals surface area contributed by atoms with Crippen molar-refractivity contribution in [3.05, 3.63) is 130 Å². The monoisotopic (exact) mass is 596 g/mol. The predicted molar refractivity (Wildman–Crippen MR) is 167 cm³/mol. The van der Waals surface area contributed by atoms with Gasteiger partial charge in [0.1, 0.15) is 11.4 Å². The SMILES string of the molecule is COc1cccc(/C=C(\NC(=O)c2ccccc2)C(=O)Nc2ccc(SCC(=O)Nc3cc([N+](=O)[O-])ccc3C)cc2)c1. The molecule has 4 rings (SSSR count). The molecule has 0 radical (unpaired) electrons. The number of nitro benzene ring substituents is 1. The van der Waals surface area contributed by atoms with E-state index in [9.17, 15) is 24.5 Å². The molecule has 0 saturated heterocycles. The third kappa shape index (κ3) is 8.78. The summed E-state index contributed by atoms with van der Waals surface area (Å²) in [5.41, 5.74) is 2.57. The number of hydrogen-bond acceptors (Lipinski definition) is 7. The van der Waals surface area contributed by atoms with Crippen LogP contribution in [0.25, 0.3) is 6.08 Å². The van der Waals surface area contributed by atoms with E-state index in [4.69, 9.17) is 4.74 Å². The molecule has 218 valence electrons. The van der Waals surface area contributed by atoms with E-state index >= 15 is 0 Å². The van der Waals surface area contributed by atoms with Gasteiger partial charge >= 0.3 is 0 Å². The van der Waals surface area contributed by atoms with Crippen molar-refractivity contribution < 1.29 is 24.0 Å². The number of methoxy groups -OCH3 is 1. The maximum atomic E-state index is 13.3. The highest BCUT2D eigenvalue weighted by atomic mass is 32.2. The van der Waals surface area contributed by atoms with Crippen molar-refractivity contribution in [3.63, 3.8) is 0 Å². The number of amides is 3. The summed E-state index contributed by atoms with van der Waals surface area (Å²) in [5.74, 6) is -0.598. The number of anilines is 2. The van der Waals surface area contributed by atoms with Gasteiger partial charge in [0.15, 0.2) is 0 Å². The van der Waals surface area contributed by atoms with Crippen LogP contribution in [0, 0.1) is 17.0 Å². The van der Waals surface area contributed by atoms with Crippen LogP contribution < -0.4 is 20.7 Å². The molecule has 0 heterocycles. The summed E-state index contributed by atoms with van der Waals surface area (Å²) in [6, 6.07) is 26.8. The summed E-state index contributed by atoms with van der Waals surface area (Å²) in [5, 5.41) is 19.2. The molecule has 0 atom stereocenters. The fourth-order valence-corrected chi connectivity index (χ4v) is 4.57. The number of nitrogens with one attached hydrogen (secondary N) is 3. The fourth-order valence-electron chi connectivity index (χ4n) is 3.87. The quantitative estimate of drug-likeness (QED) is 0.0829. The minimum Gasteiger partial charge on any atom is -0.497 e. The molecule has 0 aliphatic rings. The standard InChI is InChI=1S/C32H28N4O6S/c1-21-11-14-25(36(40)41)19-28(21)34-30(37)20-43-27-15-12-24(13-16-27)33-32(39)29(18-22-7-6-10-26(17-22)42-2)35-31(38)23-8-4-3-5-9-23/h3-19H,20H2,1-2H3,(H,33,39)(H,34,37)(H,35,38)/b29-18-.